The fourth-order valence-electron chi connectivity index (χ4n) is 1.77. The van der Waals surface area contributed by atoms with Gasteiger partial charge in [0.15, 0.2) is 17.6 Å². The molecule has 1 atom stereocenters. The Labute approximate surface area is 122 Å². The van der Waals surface area contributed by atoms with E-state index in [0.29, 0.717) is 17.1 Å². The Kier molecular flexibility index (Phi) is 5.14. The van der Waals surface area contributed by atoms with Gasteiger partial charge in [0.25, 0.3) is 0 Å². The summed E-state index contributed by atoms with van der Waals surface area (Å²) in [7, 11) is 1.53. The molecule has 1 N–H and O–H groups in total. The van der Waals surface area contributed by atoms with Crippen molar-refractivity contribution in [1.82, 2.24) is 0 Å². The van der Waals surface area contributed by atoms with Crippen LogP contribution < -0.4 is 9.47 Å². The molecular formula is C14H18O5S. The van der Waals surface area contributed by atoms with Gasteiger partial charge in [0.05, 0.1) is 13.7 Å². The van der Waals surface area contributed by atoms with Crippen LogP contribution >= 0.6 is 11.8 Å². The number of rotatable bonds is 6. The maximum atomic E-state index is 11.5. The summed E-state index contributed by atoms with van der Waals surface area (Å²) in [5.74, 6) is 2.39. The summed E-state index contributed by atoms with van der Waals surface area (Å²) in [5, 5.41) is 9.90. The molecule has 5 nitrogen and oxygen atoms in total. The highest BCUT2D eigenvalue weighted by molar-refractivity contribution is 8.00. The first kappa shape index (κ1) is 15.0. The summed E-state index contributed by atoms with van der Waals surface area (Å²) < 4.78 is 15.8. The fraction of sp³-hybridized carbons (Fsp3) is 0.500. The molecule has 0 saturated carbocycles. The molecule has 6 heteroatoms. The summed E-state index contributed by atoms with van der Waals surface area (Å²) >= 11 is 1.83. The number of hydrogen-bond donors (Lipinski definition) is 1. The molecule has 1 unspecified atom stereocenters. The zero-order chi connectivity index (χ0) is 14.5. The Morgan fingerprint density at radius 3 is 2.75 bits per heavy atom. The van der Waals surface area contributed by atoms with E-state index >= 15 is 0 Å². The van der Waals surface area contributed by atoms with E-state index in [1.165, 1.54) is 7.11 Å². The van der Waals surface area contributed by atoms with E-state index < -0.39 is 12.1 Å². The molecule has 2 rings (SSSR count). The quantitative estimate of drug-likeness (QED) is 0.808. The van der Waals surface area contributed by atoms with E-state index in [1.54, 1.807) is 25.1 Å². The minimum Gasteiger partial charge on any atom is -0.493 e. The van der Waals surface area contributed by atoms with Crippen LogP contribution in [0.25, 0.3) is 0 Å². The molecule has 0 aromatic heterocycles. The van der Waals surface area contributed by atoms with Gasteiger partial charge in [0, 0.05) is 11.5 Å². The number of esters is 1. The van der Waals surface area contributed by atoms with Gasteiger partial charge in [-0.3, -0.25) is 0 Å². The lowest BCUT2D eigenvalue weighted by molar-refractivity contribution is -0.153. The number of thioether (sulfide) groups is 1. The van der Waals surface area contributed by atoms with Crippen molar-refractivity contribution in [2.45, 2.75) is 19.1 Å². The molecule has 1 aliphatic rings. The molecular weight excluding hydrogens is 280 g/mol. The number of ether oxygens (including phenoxy) is 3. The molecule has 1 fully saturated rings. The first-order valence-electron chi connectivity index (χ1n) is 6.42. The van der Waals surface area contributed by atoms with E-state index in [2.05, 4.69) is 0 Å². The highest BCUT2D eigenvalue weighted by atomic mass is 32.2. The highest BCUT2D eigenvalue weighted by Crippen LogP contribution is 2.33. The lowest BCUT2D eigenvalue weighted by Gasteiger charge is -2.26. The van der Waals surface area contributed by atoms with Crippen LogP contribution in [0.5, 0.6) is 11.5 Å². The van der Waals surface area contributed by atoms with Gasteiger partial charge >= 0.3 is 5.97 Å². The number of methoxy groups -OCH3 is 1. The molecule has 1 aromatic rings. The van der Waals surface area contributed by atoms with Crippen molar-refractivity contribution in [3.63, 3.8) is 0 Å². The zero-order valence-electron chi connectivity index (χ0n) is 11.5. The zero-order valence-corrected chi connectivity index (χ0v) is 12.3. The number of carbonyl (C=O) groups is 1. The van der Waals surface area contributed by atoms with Crippen LogP contribution in [0.1, 0.15) is 18.6 Å². The third-order valence-electron chi connectivity index (χ3n) is 2.91. The third-order valence-corrected chi connectivity index (χ3v) is 4.13. The van der Waals surface area contributed by atoms with Crippen LogP contribution in [0, 0.1) is 0 Å². The number of aliphatic hydroxyl groups is 1. The first-order chi connectivity index (χ1) is 9.65. The highest BCUT2D eigenvalue weighted by Gasteiger charge is 2.23. The van der Waals surface area contributed by atoms with Crippen LogP contribution in [0.3, 0.4) is 0 Å². The summed E-state index contributed by atoms with van der Waals surface area (Å²) in [6.45, 7) is 1.92. The third kappa shape index (κ3) is 3.37. The van der Waals surface area contributed by atoms with Gasteiger partial charge in [-0.25, -0.2) is 4.79 Å². The molecule has 1 aliphatic heterocycles. The van der Waals surface area contributed by atoms with Crippen molar-refractivity contribution in [3.8, 4) is 11.5 Å². The van der Waals surface area contributed by atoms with Crippen molar-refractivity contribution in [2.24, 2.45) is 0 Å². The van der Waals surface area contributed by atoms with Crippen molar-refractivity contribution in [3.05, 3.63) is 23.8 Å². The van der Waals surface area contributed by atoms with Crippen LogP contribution in [0.4, 0.5) is 0 Å². The Morgan fingerprint density at radius 2 is 2.20 bits per heavy atom. The number of aliphatic hydroxyl groups excluding tert-OH is 1. The minimum atomic E-state index is -1.31. The van der Waals surface area contributed by atoms with Gasteiger partial charge in [-0.1, -0.05) is 6.07 Å². The van der Waals surface area contributed by atoms with Crippen LogP contribution in [-0.2, 0) is 9.53 Å². The van der Waals surface area contributed by atoms with Crippen molar-refractivity contribution < 1.29 is 24.1 Å². The van der Waals surface area contributed by atoms with Crippen LogP contribution in [-0.4, -0.2) is 42.4 Å². The Hall–Kier alpha value is -1.40. The van der Waals surface area contributed by atoms with E-state index in [1.807, 2.05) is 11.8 Å². The second-order valence-corrected chi connectivity index (χ2v) is 5.42. The van der Waals surface area contributed by atoms with Crippen molar-refractivity contribution in [2.75, 3.05) is 25.2 Å². The van der Waals surface area contributed by atoms with Crippen molar-refractivity contribution in [1.29, 1.82) is 0 Å². The summed E-state index contributed by atoms with van der Waals surface area (Å²) in [5.41, 5.74) is 0.427. The molecule has 1 aromatic carbocycles. The molecule has 0 radical (unpaired) electrons. The van der Waals surface area contributed by atoms with E-state index in [-0.39, 0.29) is 12.7 Å². The molecule has 0 amide bonds. The first-order valence-corrected chi connectivity index (χ1v) is 7.58. The Morgan fingerprint density at radius 1 is 1.45 bits per heavy atom. The largest absolute Gasteiger partial charge is 0.493 e. The molecule has 20 heavy (non-hydrogen) atoms. The van der Waals surface area contributed by atoms with Crippen LogP contribution in [0.15, 0.2) is 18.2 Å². The maximum absolute atomic E-state index is 11.5. The summed E-state index contributed by atoms with van der Waals surface area (Å²) in [4.78, 5) is 11.5. The number of carbonyl (C=O) groups excluding carboxylic acids is 1. The summed E-state index contributed by atoms with van der Waals surface area (Å²) in [6.07, 6.45) is -1.10. The average Bonchev–Trinajstić information content (AvgIpc) is 2.42. The smallest absolute Gasteiger partial charge is 0.339 e. The SMILES string of the molecule is CCOC(=O)C(O)c1ccc(OC2CSC2)c(OC)c1. The second kappa shape index (κ2) is 6.85. The fourth-order valence-corrected chi connectivity index (χ4v) is 2.33. The van der Waals surface area contributed by atoms with E-state index in [4.69, 9.17) is 14.2 Å². The lowest BCUT2D eigenvalue weighted by atomic mass is 10.1. The van der Waals surface area contributed by atoms with Crippen molar-refractivity contribution >= 4 is 17.7 Å². The number of hydrogen-bond acceptors (Lipinski definition) is 6. The Bertz CT molecular complexity index is 473. The van der Waals surface area contributed by atoms with Gasteiger partial charge in [-0.15, -0.1) is 0 Å². The summed E-state index contributed by atoms with van der Waals surface area (Å²) in [6, 6.07) is 4.95. The van der Waals surface area contributed by atoms with Gasteiger partial charge < -0.3 is 19.3 Å². The maximum Gasteiger partial charge on any atom is 0.339 e. The topological polar surface area (TPSA) is 65.0 Å². The minimum absolute atomic E-state index is 0.203. The molecule has 0 spiro atoms. The monoisotopic (exact) mass is 298 g/mol. The normalized spacial score (nSPS) is 16.1. The Balaban J connectivity index is 2.13. The van der Waals surface area contributed by atoms with Gasteiger partial charge in [-0.05, 0) is 24.6 Å². The predicted octanol–water partition coefficient (Wildman–Crippen LogP) is 1.79. The average molecular weight is 298 g/mol. The molecule has 1 heterocycles. The van der Waals surface area contributed by atoms with Gasteiger partial charge in [-0.2, -0.15) is 11.8 Å². The van der Waals surface area contributed by atoms with E-state index in [9.17, 15) is 9.90 Å². The lowest BCUT2D eigenvalue weighted by Crippen LogP contribution is -2.31. The predicted molar refractivity (Wildman–Crippen MR) is 76.3 cm³/mol. The van der Waals surface area contributed by atoms with Gasteiger partial charge in [0.2, 0.25) is 0 Å². The van der Waals surface area contributed by atoms with E-state index in [0.717, 1.165) is 11.5 Å². The van der Waals surface area contributed by atoms with Gasteiger partial charge in [0.1, 0.15) is 6.10 Å². The molecule has 0 aliphatic carbocycles. The molecule has 1 saturated heterocycles. The second-order valence-electron chi connectivity index (χ2n) is 4.34. The molecule has 110 valence electrons. The molecule has 0 bridgehead atoms. The van der Waals surface area contributed by atoms with Crippen LogP contribution in [0.2, 0.25) is 0 Å². The number of benzene rings is 1. The standard InChI is InChI=1S/C14H18O5S/c1-3-18-14(16)13(15)9-4-5-11(12(6-9)17-2)19-10-7-20-8-10/h4-6,10,13,15H,3,7-8H2,1-2H3.